The van der Waals surface area contributed by atoms with Crippen molar-refractivity contribution < 1.29 is 13.2 Å². The van der Waals surface area contributed by atoms with E-state index in [1.807, 2.05) is 31.2 Å². The van der Waals surface area contributed by atoms with Crippen LogP contribution in [0.4, 0.5) is 5.69 Å². The van der Waals surface area contributed by atoms with E-state index in [1.54, 1.807) is 0 Å². The molecule has 1 aliphatic heterocycles. The second-order valence-electron chi connectivity index (χ2n) is 5.40. The number of hydrogen-bond acceptors (Lipinski definition) is 4. The van der Waals surface area contributed by atoms with E-state index in [0.717, 1.165) is 11.3 Å². The molecule has 0 bridgehead atoms. The van der Waals surface area contributed by atoms with Crippen LogP contribution >= 0.6 is 0 Å². The fourth-order valence-corrected chi connectivity index (χ4v) is 3.93. The van der Waals surface area contributed by atoms with Crippen LogP contribution in [0.15, 0.2) is 24.3 Å². The zero-order valence-corrected chi connectivity index (χ0v) is 13.1. The average molecular weight is 310 g/mol. The van der Waals surface area contributed by atoms with Crippen LogP contribution in [0.1, 0.15) is 25.3 Å². The number of carbonyl (C=O) groups excluding carboxylic acids is 1. The Balaban J connectivity index is 1.86. The molecule has 6 heteroatoms. The van der Waals surface area contributed by atoms with Gasteiger partial charge < -0.3 is 10.6 Å². The van der Waals surface area contributed by atoms with Gasteiger partial charge in [0.05, 0.1) is 17.9 Å². The van der Waals surface area contributed by atoms with Gasteiger partial charge in [0.25, 0.3) is 0 Å². The van der Waals surface area contributed by atoms with Crippen LogP contribution in [0, 0.1) is 0 Å². The third-order valence-electron chi connectivity index (χ3n) is 3.62. The van der Waals surface area contributed by atoms with E-state index < -0.39 is 9.84 Å². The minimum atomic E-state index is -2.82. The van der Waals surface area contributed by atoms with Crippen molar-refractivity contribution in [2.24, 2.45) is 0 Å². The van der Waals surface area contributed by atoms with Crippen molar-refractivity contribution in [1.29, 1.82) is 0 Å². The summed E-state index contributed by atoms with van der Waals surface area (Å²) in [5.74, 6) is 0.551. The number of likely N-dealkylation sites (N-methyl/N-ethyl adjacent to an activating group) is 1. The molecule has 0 spiro atoms. The first kappa shape index (κ1) is 15.8. The number of anilines is 1. The molecule has 5 nitrogen and oxygen atoms in total. The van der Waals surface area contributed by atoms with E-state index in [4.69, 9.17) is 0 Å². The maximum atomic E-state index is 11.5. The Kier molecular flexibility index (Phi) is 5.22. The molecule has 1 amide bonds. The SMILES string of the molecule is CCNC(=O)Cc1ccc(NC2CCS(=O)(=O)CC2)cc1. The molecular formula is C15H22N2O3S. The highest BCUT2D eigenvalue weighted by Crippen LogP contribution is 2.18. The van der Waals surface area contributed by atoms with Gasteiger partial charge in [0.2, 0.25) is 5.91 Å². The molecule has 0 atom stereocenters. The van der Waals surface area contributed by atoms with E-state index in [2.05, 4.69) is 10.6 Å². The first-order valence-corrected chi connectivity index (χ1v) is 9.13. The predicted molar refractivity (Wildman–Crippen MR) is 84.1 cm³/mol. The summed E-state index contributed by atoms with van der Waals surface area (Å²) >= 11 is 0. The second-order valence-corrected chi connectivity index (χ2v) is 7.70. The lowest BCUT2D eigenvalue weighted by Crippen LogP contribution is -2.32. The summed E-state index contributed by atoms with van der Waals surface area (Å²) in [4.78, 5) is 11.5. The van der Waals surface area contributed by atoms with Crippen molar-refractivity contribution in [3.8, 4) is 0 Å². The summed E-state index contributed by atoms with van der Waals surface area (Å²) in [6, 6.07) is 7.95. The fraction of sp³-hybridized carbons (Fsp3) is 0.533. The lowest BCUT2D eigenvalue weighted by molar-refractivity contribution is -0.120. The molecule has 0 radical (unpaired) electrons. The third-order valence-corrected chi connectivity index (χ3v) is 5.33. The Morgan fingerprint density at radius 3 is 2.38 bits per heavy atom. The zero-order chi connectivity index (χ0) is 15.3. The van der Waals surface area contributed by atoms with E-state index in [-0.39, 0.29) is 23.5 Å². The van der Waals surface area contributed by atoms with E-state index in [0.29, 0.717) is 25.8 Å². The van der Waals surface area contributed by atoms with Gasteiger partial charge in [0.15, 0.2) is 0 Å². The molecule has 0 aromatic heterocycles. The Labute approximate surface area is 126 Å². The van der Waals surface area contributed by atoms with Crippen LogP contribution in [0.3, 0.4) is 0 Å². The molecule has 0 aliphatic carbocycles. The van der Waals surface area contributed by atoms with Crippen molar-refractivity contribution >= 4 is 21.4 Å². The Morgan fingerprint density at radius 1 is 1.19 bits per heavy atom. The highest BCUT2D eigenvalue weighted by atomic mass is 32.2. The highest BCUT2D eigenvalue weighted by Gasteiger charge is 2.23. The summed E-state index contributed by atoms with van der Waals surface area (Å²) in [5, 5.41) is 6.13. The lowest BCUT2D eigenvalue weighted by atomic mass is 10.1. The van der Waals surface area contributed by atoms with Crippen molar-refractivity contribution in [3.05, 3.63) is 29.8 Å². The smallest absolute Gasteiger partial charge is 0.224 e. The van der Waals surface area contributed by atoms with Gasteiger partial charge in [-0.25, -0.2) is 8.42 Å². The Hall–Kier alpha value is -1.56. The summed E-state index contributed by atoms with van der Waals surface area (Å²) in [6.07, 6.45) is 1.70. The molecule has 1 heterocycles. The standard InChI is InChI=1S/C15H22N2O3S/c1-2-16-15(18)11-12-3-5-13(6-4-12)17-14-7-9-21(19,20)10-8-14/h3-6,14,17H,2,7-11H2,1H3,(H,16,18). The van der Waals surface area contributed by atoms with Crippen LogP contribution in [0.2, 0.25) is 0 Å². The van der Waals surface area contributed by atoms with Crippen LogP contribution in [0.5, 0.6) is 0 Å². The molecule has 0 saturated carbocycles. The largest absolute Gasteiger partial charge is 0.382 e. The summed E-state index contributed by atoms with van der Waals surface area (Å²) < 4.78 is 22.8. The highest BCUT2D eigenvalue weighted by molar-refractivity contribution is 7.91. The van der Waals surface area contributed by atoms with Gasteiger partial charge in [-0.15, -0.1) is 0 Å². The van der Waals surface area contributed by atoms with Gasteiger partial charge in [-0.2, -0.15) is 0 Å². The van der Waals surface area contributed by atoms with E-state index >= 15 is 0 Å². The van der Waals surface area contributed by atoms with Gasteiger partial charge in [-0.1, -0.05) is 12.1 Å². The number of sulfone groups is 1. The Bertz CT molecular complexity index is 567. The minimum absolute atomic E-state index is 0.0238. The number of rotatable bonds is 5. The zero-order valence-electron chi connectivity index (χ0n) is 12.3. The average Bonchev–Trinajstić information content (AvgIpc) is 2.43. The topological polar surface area (TPSA) is 75.3 Å². The van der Waals surface area contributed by atoms with Crippen LogP contribution in [-0.4, -0.2) is 38.4 Å². The number of carbonyl (C=O) groups is 1. The Morgan fingerprint density at radius 2 is 1.81 bits per heavy atom. The van der Waals surface area contributed by atoms with Crippen molar-refractivity contribution in [1.82, 2.24) is 5.32 Å². The van der Waals surface area contributed by atoms with Crippen molar-refractivity contribution in [2.45, 2.75) is 32.2 Å². The number of hydrogen-bond donors (Lipinski definition) is 2. The quantitative estimate of drug-likeness (QED) is 0.861. The van der Waals surface area contributed by atoms with Crippen molar-refractivity contribution in [3.63, 3.8) is 0 Å². The maximum Gasteiger partial charge on any atom is 0.224 e. The monoisotopic (exact) mass is 310 g/mol. The molecule has 1 aliphatic rings. The molecule has 21 heavy (non-hydrogen) atoms. The fourth-order valence-electron chi connectivity index (χ4n) is 2.43. The van der Waals surface area contributed by atoms with Gasteiger partial charge in [0, 0.05) is 18.3 Å². The van der Waals surface area contributed by atoms with E-state index in [9.17, 15) is 13.2 Å². The summed E-state index contributed by atoms with van der Waals surface area (Å²) in [7, 11) is -2.82. The molecule has 1 saturated heterocycles. The van der Waals surface area contributed by atoms with Crippen LogP contribution in [0.25, 0.3) is 0 Å². The van der Waals surface area contributed by atoms with Gasteiger partial charge in [-0.05, 0) is 37.5 Å². The normalized spacial score (nSPS) is 18.1. The maximum absolute atomic E-state index is 11.5. The molecule has 2 N–H and O–H groups in total. The van der Waals surface area contributed by atoms with Gasteiger partial charge in [-0.3, -0.25) is 4.79 Å². The van der Waals surface area contributed by atoms with Gasteiger partial charge >= 0.3 is 0 Å². The number of benzene rings is 1. The molecule has 116 valence electrons. The summed E-state index contributed by atoms with van der Waals surface area (Å²) in [5.41, 5.74) is 1.94. The molecular weight excluding hydrogens is 288 g/mol. The minimum Gasteiger partial charge on any atom is -0.382 e. The predicted octanol–water partition coefficient (Wildman–Crippen LogP) is 1.35. The van der Waals surface area contributed by atoms with E-state index in [1.165, 1.54) is 0 Å². The van der Waals surface area contributed by atoms with Crippen LogP contribution in [-0.2, 0) is 21.1 Å². The molecule has 2 rings (SSSR count). The molecule has 1 fully saturated rings. The molecule has 1 aromatic rings. The number of amides is 1. The van der Waals surface area contributed by atoms with Crippen molar-refractivity contribution in [2.75, 3.05) is 23.4 Å². The number of nitrogens with one attached hydrogen (secondary N) is 2. The molecule has 1 aromatic carbocycles. The second kappa shape index (κ2) is 6.93. The third kappa shape index (κ3) is 5.04. The first-order valence-electron chi connectivity index (χ1n) is 7.31. The first-order chi connectivity index (χ1) is 9.98. The summed E-state index contributed by atoms with van der Waals surface area (Å²) in [6.45, 7) is 2.54. The lowest BCUT2D eigenvalue weighted by Gasteiger charge is -2.24. The molecule has 0 unspecified atom stereocenters. The van der Waals surface area contributed by atoms with Gasteiger partial charge in [0.1, 0.15) is 9.84 Å². The van der Waals surface area contributed by atoms with Crippen LogP contribution < -0.4 is 10.6 Å².